The summed E-state index contributed by atoms with van der Waals surface area (Å²) in [5, 5.41) is 7.73. The quantitative estimate of drug-likeness (QED) is 0.757. The Kier molecular flexibility index (Phi) is 5.54. The normalized spacial score (nSPS) is 10.6. The molecule has 0 unspecified atom stereocenters. The van der Waals surface area contributed by atoms with Gasteiger partial charge in [-0.15, -0.1) is 0 Å². The molecule has 0 aliphatic carbocycles. The molecule has 0 radical (unpaired) electrons. The SMILES string of the molecule is CCCOc1cc(NCCCn2nc(C)cc2C)ncn1. The summed E-state index contributed by atoms with van der Waals surface area (Å²) in [7, 11) is 0. The van der Waals surface area contributed by atoms with Gasteiger partial charge in [0.05, 0.1) is 12.3 Å². The molecular weight excluding hydrogens is 266 g/mol. The minimum Gasteiger partial charge on any atom is -0.478 e. The third-order valence-corrected chi connectivity index (χ3v) is 3.05. The minimum absolute atomic E-state index is 0.618. The molecule has 21 heavy (non-hydrogen) atoms. The first-order valence-corrected chi connectivity index (χ1v) is 7.39. The number of anilines is 1. The third kappa shape index (κ3) is 4.73. The van der Waals surface area contributed by atoms with Crippen LogP contribution in [0.15, 0.2) is 18.5 Å². The molecule has 6 heteroatoms. The highest BCUT2D eigenvalue weighted by molar-refractivity contribution is 5.36. The number of nitrogens with zero attached hydrogens (tertiary/aromatic N) is 4. The van der Waals surface area contributed by atoms with Crippen LogP contribution in [0.5, 0.6) is 5.88 Å². The predicted molar refractivity (Wildman–Crippen MR) is 82.6 cm³/mol. The lowest BCUT2D eigenvalue weighted by atomic mass is 10.4. The highest BCUT2D eigenvalue weighted by atomic mass is 16.5. The van der Waals surface area contributed by atoms with Gasteiger partial charge in [0.1, 0.15) is 12.1 Å². The lowest BCUT2D eigenvalue weighted by Crippen LogP contribution is -2.10. The number of aryl methyl sites for hydroxylation is 3. The van der Waals surface area contributed by atoms with Crippen LogP contribution in [0, 0.1) is 13.8 Å². The average Bonchev–Trinajstić information content (AvgIpc) is 2.80. The smallest absolute Gasteiger partial charge is 0.218 e. The fourth-order valence-corrected chi connectivity index (χ4v) is 2.07. The van der Waals surface area contributed by atoms with Gasteiger partial charge in [0.15, 0.2) is 0 Å². The maximum absolute atomic E-state index is 5.48. The summed E-state index contributed by atoms with van der Waals surface area (Å²) >= 11 is 0. The molecule has 0 aliphatic heterocycles. The highest BCUT2D eigenvalue weighted by Gasteiger charge is 2.01. The molecule has 2 heterocycles. The molecule has 114 valence electrons. The molecule has 2 rings (SSSR count). The molecule has 0 bridgehead atoms. The van der Waals surface area contributed by atoms with Gasteiger partial charge < -0.3 is 10.1 Å². The Balaban J connectivity index is 1.76. The molecule has 0 amide bonds. The molecule has 2 aromatic heterocycles. The molecule has 0 saturated heterocycles. The first kappa shape index (κ1) is 15.3. The van der Waals surface area contributed by atoms with Crippen LogP contribution in [0.3, 0.4) is 0 Å². The first-order valence-electron chi connectivity index (χ1n) is 7.39. The topological polar surface area (TPSA) is 64.9 Å². The fraction of sp³-hybridized carbons (Fsp3) is 0.533. The van der Waals surface area contributed by atoms with Crippen molar-refractivity contribution in [3.05, 3.63) is 29.8 Å². The van der Waals surface area contributed by atoms with Gasteiger partial charge in [-0.2, -0.15) is 5.10 Å². The second-order valence-electron chi connectivity index (χ2n) is 5.02. The zero-order valence-corrected chi connectivity index (χ0v) is 13.0. The lowest BCUT2D eigenvalue weighted by molar-refractivity contribution is 0.305. The standard InChI is InChI=1S/C15H23N5O/c1-4-8-21-15-10-14(17-11-18-15)16-6-5-7-20-13(3)9-12(2)19-20/h9-11H,4-8H2,1-3H3,(H,16,17,18). The number of rotatable bonds is 8. The van der Waals surface area contributed by atoms with Crippen molar-refractivity contribution in [2.24, 2.45) is 0 Å². The van der Waals surface area contributed by atoms with E-state index in [0.29, 0.717) is 12.5 Å². The minimum atomic E-state index is 0.618. The van der Waals surface area contributed by atoms with E-state index in [9.17, 15) is 0 Å². The maximum atomic E-state index is 5.48. The number of hydrogen-bond donors (Lipinski definition) is 1. The van der Waals surface area contributed by atoms with Crippen LogP contribution in [0.1, 0.15) is 31.2 Å². The summed E-state index contributed by atoms with van der Waals surface area (Å²) in [6.07, 6.45) is 3.47. The maximum Gasteiger partial charge on any atom is 0.218 e. The Hall–Kier alpha value is -2.11. The van der Waals surface area contributed by atoms with Crippen LogP contribution in [-0.2, 0) is 6.54 Å². The van der Waals surface area contributed by atoms with Gasteiger partial charge in [0, 0.05) is 24.8 Å². The molecule has 0 fully saturated rings. The van der Waals surface area contributed by atoms with Gasteiger partial charge in [-0.05, 0) is 32.8 Å². The van der Waals surface area contributed by atoms with Gasteiger partial charge in [0.25, 0.3) is 0 Å². The van der Waals surface area contributed by atoms with E-state index in [1.54, 1.807) is 0 Å². The van der Waals surface area contributed by atoms with Crippen molar-refractivity contribution in [3.63, 3.8) is 0 Å². The zero-order chi connectivity index (χ0) is 15.1. The number of ether oxygens (including phenoxy) is 1. The molecule has 2 aromatic rings. The van der Waals surface area contributed by atoms with Crippen molar-refractivity contribution in [1.29, 1.82) is 0 Å². The molecule has 6 nitrogen and oxygen atoms in total. The van der Waals surface area contributed by atoms with Gasteiger partial charge in [0.2, 0.25) is 5.88 Å². The van der Waals surface area contributed by atoms with Gasteiger partial charge in [-0.3, -0.25) is 4.68 Å². The van der Waals surface area contributed by atoms with Crippen LogP contribution in [-0.4, -0.2) is 32.9 Å². The van der Waals surface area contributed by atoms with E-state index >= 15 is 0 Å². The Labute approximate surface area is 125 Å². The largest absolute Gasteiger partial charge is 0.478 e. The van der Waals surface area contributed by atoms with E-state index in [0.717, 1.165) is 37.4 Å². The number of nitrogens with one attached hydrogen (secondary N) is 1. The molecule has 0 spiro atoms. The summed E-state index contributed by atoms with van der Waals surface area (Å²) in [5.74, 6) is 1.41. The van der Waals surface area contributed by atoms with Gasteiger partial charge in [-0.1, -0.05) is 6.92 Å². The molecule has 0 aliphatic rings. The van der Waals surface area contributed by atoms with Crippen molar-refractivity contribution in [3.8, 4) is 5.88 Å². The van der Waals surface area contributed by atoms with Crippen molar-refractivity contribution in [1.82, 2.24) is 19.7 Å². The van der Waals surface area contributed by atoms with Crippen LogP contribution in [0.25, 0.3) is 0 Å². The summed E-state index contributed by atoms with van der Waals surface area (Å²) in [6.45, 7) is 8.57. The van der Waals surface area contributed by atoms with E-state index < -0.39 is 0 Å². The Morgan fingerprint density at radius 1 is 1.24 bits per heavy atom. The molecule has 0 aromatic carbocycles. The van der Waals surface area contributed by atoms with E-state index in [1.165, 1.54) is 12.0 Å². The second-order valence-corrected chi connectivity index (χ2v) is 5.02. The van der Waals surface area contributed by atoms with Crippen molar-refractivity contribution in [2.75, 3.05) is 18.5 Å². The monoisotopic (exact) mass is 289 g/mol. The van der Waals surface area contributed by atoms with Crippen molar-refractivity contribution >= 4 is 5.82 Å². The molecule has 1 N–H and O–H groups in total. The van der Waals surface area contributed by atoms with Crippen molar-refractivity contribution < 1.29 is 4.74 Å². The highest BCUT2D eigenvalue weighted by Crippen LogP contribution is 2.11. The van der Waals surface area contributed by atoms with Gasteiger partial charge >= 0.3 is 0 Å². The summed E-state index contributed by atoms with van der Waals surface area (Å²) in [6, 6.07) is 3.92. The first-order chi connectivity index (χ1) is 10.2. The van der Waals surface area contributed by atoms with Crippen LogP contribution >= 0.6 is 0 Å². The van der Waals surface area contributed by atoms with Gasteiger partial charge in [-0.25, -0.2) is 9.97 Å². The van der Waals surface area contributed by atoms with Crippen molar-refractivity contribution in [2.45, 2.75) is 40.2 Å². The summed E-state index contributed by atoms with van der Waals surface area (Å²) in [5.41, 5.74) is 2.26. The molecular formula is C15H23N5O. The third-order valence-electron chi connectivity index (χ3n) is 3.05. The molecule has 0 saturated carbocycles. The average molecular weight is 289 g/mol. The number of aromatic nitrogens is 4. The van der Waals surface area contributed by atoms with E-state index in [-0.39, 0.29) is 0 Å². The zero-order valence-electron chi connectivity index (χ0n) is 13.0. The second kappa shape index (κ2) is 7.61. The fourth-order valence-electron chi connectivity index (χ4n) is 2.07. The predicted octanol–water partition coefficient (Wildman–Crippen LogP) is 2.58. The van der Waals surface area contributed by atoms with E-state index in [2.05, 4.69) is 40.3 Å². The Morgan fingerprint density at radius 3 is 2.81 bits per heavy atom. The van der Waals surface area contributed by atoms with Crippen LogP contribution in [0.2, 0.25) is 0 Å². The molecule has 0 atom stereocenters. The Morgan fingerprint density at radius 2 is 2.10 bits per heavy atom. The van der Waals surface area contributed by atoms with Crippen LogP contribution < -0.4 is 10.1 Å². The van der Waals surface area contributed by atoms with E-state index in [4.69, 9.17) is 4.74 Å². The lowest BCUT2D eigenvalue weighted by Gasteiger charge is -2.08. The summed E-state index contributed by atoms with van der Waals surface area (Å²) < 4.78 is 7.52. The van der Waals surface area contributed by atoms with E-state index in [1.807, 2.05) is 17.7 Å². The summed E-state index contributed by atoms with van der Waals surface area (Å²) in [4.78, 5) is 8.27. The number of hydrogen-bond acceptors (Lipinski definition) is 5. The Bertz CT molecular complexity index is 567. The van der Waals surface area contributed by atoms with Crippen LogP contribution in [0.4, 0.5) is 5.82 Å².